The van der Waals surface area contributed by atoms with Crippen molar-refractivity contribution in [1.29, 1.82) is 0 Å². The predicted molar refractivity (Wildman–Crippen MR) is 74.2 cm³/mol. The summed E-state index contributed by atoms with van der Waals surface area (Å²) >= 11 is 0. The largest absolute Gasteiger partial charge is 0.313 e. The van der Waals surface area contributed by atoms with E-state index in [0.29, 0.717) is 17.9 Å². The topological polar surface area (TPSA) is 12.0 Å². The second-order valence-electron chi connectivity index (χ2n) is 5.31. The molecular weight excluding hydrogens is 206 g/mol. The number of rotatable bonds is 5. The standard InChI is InChI=1S/C16H23N/c1-13(2)16(14-8-4-3-5-9-14)12-17-15-10-6-7-11-15/h3-9,13,15-17H,10-12H2,1-2H3. The van der Waals surface area contributed by atoms with Gasteiger partial charge in [0.1, 0.15) is 0 Å². The van der Waals surface area contributed by atoms with E-state index in [1.165, 1.54) is 18.4 Å². The zero-order valence-corrected chi connectivity index (χ0v) is 10.9. The molecule has 1 nitrogen and oxygen atoms in total. The molecule has 1 aliphatic rings. The van der Waals surface area contributed by atoms with Crippen molar-refractivity contribution in [2.75, 3.05) is 6.54 Å². The van der Waals surface area contributed by atoms with Crippen molar-refractivity contribution in [2.45, 2.75) is 38.6 Å². The maximum Gasteiger partial charge on any atom is 0.0136 e. The highest BCUT2D eigenvalue weighted by atomic mass is 14.9. The Morgan fingerprint density at radius 1 is 1.12 bits per heavy atom. The zero-order valence-electron chi connectivity index (χ0n) is 10.9. The summed E-state index contributed by atoms with van der Waals surface area (Å²) in [5, 5.41) is 3.70. The molecule has 0 radical (unpaired) electrons. The van der Waals surface area contributed by atoms with E-state index < -0.39 is 0 Å². The van der Waals surface area contributed by atoms with Crippen molar-refractivity contribution in [3.05, 3.63) is 48.0 Å². The van der Waals surface area contributed by atoms with Gasteiger partial charge in [-0.05, 0) is 30.2 Å². The van der Waals surface area contributed by atoms with Gasteiger partial charge in [0.25, 0.3) is 0 Å². The fourth-order valence-corrected chi connectivity index (χ4v) is 2.52. The predicted octanol–water partition coefficient (Wildman–Crippen LogP) is 3.73. The lowest BCUT2D eigenvalue weighted by atomic mass is 9.88. The van der Waals surface area contributed by atoms with E-state index in [4.69, 9.17) is 0 Å². The molecule has 1 N–H and O–H groups in total. The van der Waals surface area contributed by atoms with Crippen molar-refractivity contribution in [2.24, 2.45) is 5.92 Å². The summed E-state index contributed by atoms with van der Waals surface area (Å²) in [4.78, 5) is 0. The Kier molecular flexibility index (Phi) is 4.38. The normalized spacial score (nSPS) is 17.8. The van der Waals surface area contributed by atoms with Crippen LogP contribution in [0.1, 0.15) is 38.2 Å². The van der Waals surface area contributed by atoms with Gasteiger partial charge < -0.3 is 5.32 Å². The van der Waals surface area contributed by atoms with E-state index in [9.17, 15) is 0 Å². The Bertz CT molecular complexity index is 345. The second-order valence-corrected chi connectivity index (χ2v) is 5.31. The molecule has 92 valence electrons. The van der Waals surface area contributed by atoms with Gasteiger partial charge in [-0.25, -0.2) is 0 Å². The van der Waals surface area contributed by atoms with Crippen molar-refractivity contribution in [3.63, 3.8) is 0 Å². The molecule has 0 saturated heterocycles. The molecule has 1 aromatic rings. The van der Waals surface area contributed by atoms with Crippen LogP contribution in [-0.2, 0) is 0 Å². The maximum absolute atomic E-state index is 3.70. The zero-order chi connectivity index (χ0) is 12.1. The summed E-state index contributed by atoms with van der Waals surface area (Å²) < 4.78 is 0. The number of nitrogens with one attached hydrogen (secondary N) is 1. The average molecular weight is 229 g/mol. The van der Waals surface area contributed by atoms with Crippen LogP contribution in [0.5, 0.6) is 0 Å². The molecule has 2 rings (SSSR count). The van der Waals surface area contributed by atoms with Crippen LogP contribution in [0.3, 0.4) is 0 Å². The molecule has 0 heterocycles. The maximum atomic E-state index is 3.70. The summed E-state index contributed by atoms with van der Waals surface area (Å²) in [5.41, 5.74) is 1.46. The van der Waals surface area contributed by atoms with Crippen molar-refractivity contribution < 1.29 is 0 Å². The summed E-state index contributed by atoms with van der Waals surface area (Å²) in [5.74, 6) is 1.30. The van der Waals surface area contributed by atoms with Crippen LogP contribution >= 0.6 is 0 Å². The molecule has 17 heavy (non-hydrogen) atoms. The molecule has 0 amide bonds. The third kappa shape index (κ3) is 3.44. The van der Waals surface area contributed by atoms with E-state index in [0.717, 1.165) is 6.54 Å². The van der Waals surface area contributed by atoms with Crippen LogP contribution < -0.4 is 5.32 Å². The molecule has 0 bridgehead atoms. The van der Waals surface area contributed by atoms with Gasteiger partial charge in [-0.2, -0.15) is 0 Å². The van der Waals surface area contributed by atoms with Crippen molar-refractivity contribution in [3.8, 4) is 0 Å². The fraction of sp³-hybridized carbons (Fsp3) is 0.500. The lowest BCUT2D eigenvalue weighted by Gasteiger charge is -2.24. The molecular formula is C16H23N. The first-order valence-electron chi connectivity index (χ1n) is 6.70. The number of benzene rings is 1. The molecule has 0 aliphatic heterocycles. The highest BCUT2D eigenvalue weighted by molar-refractivity contribution is 5.20. The quantitative estimate of drug-likeness (QED) is 0.759. The first kappa shape index (κ1) is 12.4. The smallest absolute Gasteiger partial charge is 0.0136 e. The molecule has 1 heteroatoms. The van der Waals surface area contributed by atoms with E-state index in [-0.39, 0.29) is 0 Å². The molecule has 0 fully saturated rings. The molecule has 1 unspecified atom stereocenters. The average Bonchev–Trinajstić information content (AvgIpc) is 2.83. The van der Waals surface area contributed by atoms with Crippen molar-refractivity contribution in [1.82, 2.24) is 5.32 Å². The summed E-state index contributed by atoms with van der Waals surface area (Å²) in [6.45, 7) is 5.71. The van der Waals surface area contributed by atoms with Gasteiger partial charge in [-0.1, -0.05) is 56.3 Å². The van der Waals surface area contributed by atoms with Gasteiger partial charge in [0.15, 0.2) is 0 Å². The second kappa shape index (κ2) is 6.02. The van der Waals surface area contributed by atoms with Gasteiger partial charge in [0, 0.05) is 12.6 Å². The lowest BCUT2D eigenvalue weighted by Crippen LogP contribution is -2.32. The number of hydrogen-bond donors (Lipinski definition) is 1. The van der Waals surface area contributed by atoms with E-state index in [1.54, 1.807) is 0 Å². The summed E-state index contributed by atoms with van der Waals surface area (Å²) in [7, 11) is 0. The van der Waals surface area contributed by atoms with E-state index in [1.807, 2.05) is 0 Å². The van der Waals surface area contributed by atoms with Crippen LogP contribution in [0.4, 0.5) is 0 Å². The van der Waals surface area contributed by atoms with Crippen molar-refractivity contribution >= 4 is 0 Å². The Hall–Kier alpha value is -1.08. The van der Waals surface area contributed by atoms with Crippen LogP contribution in [0.25, 0.3) is 0 Å². The third-order valence-electron chi connectivity index (χ3n) is 3.67. The number of hydrogen-bond acceptors (Lipinski definition) is 1. The Morgan fingerprint density at radius 3 is 2.35 bits per heavy atom. The third-order valence-corrected chi connectivity index (χ3v) is 3.67. The molecule has 1 aromatic carbocycles. The van der Waals surface area contributed by atoms with Gasteiger partial charge in [-0.3, -0.25) is 0 Å². The first-order valence-corrected chi connectivity index (χ1v) is 6.70. The van der Waals surface area contributed by atoms with Gasteiger partial charge >= 0.3 is 0 Å². The SMILES string of the molecule is CC(C)C(CNC1CC=CC1)c1ccccc1. The molecule has 1 atom stereocenters. The molecule has 0 aromatic heterocycles. The van der Waals surface area contributed by atoms with E-state index >= 15 is 0 Å². The fourth-order valence-electron chi connectivity index (χ4n) is 2.52. The Labute approximate surface area is 105 Å². The summed E-state index contributed by atoms with van der Waals surface area (Å²) in [6, 6.07) is 11.5. The minimum atomic E-state index is 0.622. The minimum Gasteiger partial charge on any atom is -0.313 e. The van der Waals surface area contributed by atoms with Gasteiger partial charge in [0.2, 0.25) is 0 Å². The van der Waals surface area contributed by atoms with E-state index in [2.05, 4.69) is 61.6 Å². The van der Waals surface area contributed by atoms with Gasteiger partial charge in [-0.15, -0.1) is 0 Å². The molecule has 1 aliphatic carbocycles. The van der Waals surface area contributed by atoms with Gasteiger partial charge in [0.05, 0.1) is 0 Å². The monoisotopic (exact) mass is 229 g/mol. The highest BCUT2D eigenvalue weighted by Crippen LogP contribution is 2.24. The minimum absolute atomic E-state index is 0.622. The van der Waals surface area contributed by atoms with Crippen LogP contribution in [0.15, 0.2) is 42.5 Å². The van der Waals surface area contributed by atoms with Crippen LogP contribution in [-0.4, -0.2) is 12.6 Å². The summed E-state index contributed by atoms with van der Waals surface area (Å²) in [6.07, 6.45) is 6.95. The molecule has 0 spiro atoms. The lowest BCUT2D eigenvalue weighted by molar-refractivity contribution is 0.427. The first-order chi connectivity index (χ1) is 8.27. The Balaban J connectivity index is 1.93. The van der Waals surface area contributed by atoms with Crippen LogP contribution in [0.2, 0.25) is 0 Å². The van der Waals surface area contributed by atoms with Crippen LogP contribution in [0, 0.1) is 5.92 Å². The highest BCUT2D eigenvalue weighted by Gasteiger charge is 2.17. The molecule has 0 saturated carbocycles. The Morgan fingerprint density at radius 2 is 1.76 bits per heavy atom.